The number of nitrogens with zero attached hydrogens (tertiary/aromatic N) is 2. The molecule has 17 heavy (non-hydrogen) atoms. The summed E-state index contributed by atoms with van der Waals surface area (Å²) in [5, 5.41) is 3.87. The van der Waals surface area contributed by atoms with E-state index in [1.807, 2.05) is 0 Å². The van der Waals surface area contributed by atoms with Gasteiger partial charge in [-0.15, -0.1) is 0 Å². The van der Waals surface area contributed by atoms with E-state index in [0.717, 1.165) is 0 Å². The average molecular weight is 239 g/mol. The van der Waals surface area contributed by atoms with Gasteiger partial charge in [0.15, 0.2) is 0 Å². The molecule has 1 N–H and O–H groups in total. The molecule has 6 nitrogen and oxygen atoms in total. The Bertz CT molecular complexity index is 347. The van der Waals surface area contributed by atoms with Crippen LogP contribution < -0.4 is 5.43 Å². The van der Waals surface area contributed by atoms with Gasteiger partial charge in [0.05, 0.1) is 0 Å². The zero-order chi connectivity index (χ0) is 12.8. The summed E-state index contributed by atoms with van der Waals surface area (Å²) >= 11 is 0. The van der Waals surface area contributed by atoms with E-state index in [1.165, 1.54) is 4.90 Å². The highest BCUT2D eigenvalue weighted by molar-refractivity contribution is 6.02. The number of hydrazone groups is 1. The van der Waals surface area contributed by atoms with Crippen LogP contribution in [0.25, 0.3) is 0 Å². The monoisotopic (exact) mass is 239 g/mol. The zero-order valence-electron chi connectivity index (χ0n) is 10.2. The van der Waals surface area contributed by atoms with Crippen molar-refractivity contribution >= 4 is 23.4 Å². The van der Waals surface area contributed by atoms with E-state index in [2.05, 4.69) is 10.5 Å². The van der Waals surface area contributed by atoms with Crippen LogP contribution in [0.15, 0.2) is 5.10 Å². The van der Waals surface area contributed by atoms with Crippen LogP contribution >= 0.6 is 0 Å². The molecule has 0 aliphatic carbocycles. The number of hydrogen-bond donors (Lipinski definition) is 1. The van der Waals surface area contributed by atoms with Crippen molar-refractivity contribution in [2.24, 2.45) is 5.10 Å². The van der Waals surface area contributed by atoms with E-state index >= 15 is 0 Å². The molecule has 0 aromatic carbocycles. The third kappa shape index (κ3) is 3.97. The molecule has 0 radical (unpaired) electrons. The van der Waals surface area contributed by atoms with Crippen molar-refractivity contribution < 1.29 is 14.4 Å². The first-order valence-corrected chi connectivity index (χ1v) is 5.69. The first-order valence-electron chi connectivity index (χ1n) is 5.69. The Labute approximate surface area is 100 Å². The summed E-state index contributed by atoms with van der Waals surface area (Å²) in [4.78, 5) is 34.8. The molecule has 1 rings (SSSR count). The van der Waals surface area contributed by atoms with Crippen LogP contribution in [-0.4, -0.2) is 34.9 Å². The van der Waals surface area contributed by atoms with Gasteiger partial charge in [0.2, 0.25) is 17.7 Å². The van der Waals surface area contributed by atoms with Crippen molar-refractivity contribution in [3.05, 3.63) is 0 Å². The average Bonchev–Trinajstić information content (AvgIpc) is 2.63. The lowest BCUT2D eigenvalue weighted by molar-refractivity contribution is -0.138. The minimum absolute atomic E-state index is 0.125. The van der Waals surface area contributed by atoms with Crippen molar-refractivity contribution in [2.45, 2.75) is 39.5 Å². The molecule has 1 aliphatic heterocycles. The third-order valence-electron chi connectivity index (χ3n) is 2.54. The minimum Gasteiger partial charge on any atom is -0.282 e. The van der Waals surface area contributed by atoms with Crippen LogP contribution in [0.1, 0.15) is 39.5 Å². The number of amides is 3. The SMILES string of the molecule is CCC(=O)N/N=C(\C)CCN1C(=O)CCC1=O. The van der Waals surface area contributed by atoms with Gasteiger partial charge in [0, 0.05) is 37.9 Å². The van der Waals surface area contributed by atoms with Crippen LogP contribution in [0.5, 0.6) is 0 Å². The predicted octanol–water partition coefficient (Wildman–Crippen LogP) is 0.428. The number of rotatable bonds is 5. The van der Waals surface area contributed by atoms with Crippen molar-refractivity contribution in [2.75, 3.05) is 6.54 Å². The van der Waals surface area contributed by atoms with Crippen LogP contribution in [0, 0.1) is 0 Å². The maximum atomic E-state index is 11.3. The van der Waals surface area contributed by atoms with Gasteiger partial charge in [-0.05, 0) is 6.92 Å². The highest BCUT2D eigenvalue weighted by Gasteiger charge is 2.28. The summed E-state index contributed by atoms with van der Waals surface area (Å²) in [7, 11) is 0. The molecule has 0 aromatic rings. The van der Waals surface area contributed by atoms with E-state index in [0.29, 0.717) is 37.9 Å². The number of carbonyl (C=O) groups excluding carboxylic acids is 3. The van der Waals surface area contributed by atoms with Crippen LogP contribution in [0.4, 0.5) is 0 Å². The first-order chi connectivity index (χ1) is 8.04. The Kier molecular flexibility index (Phi) is 4.81. The van der Waals surface area contributed by atoms with E-state index in [9.17, 15) is 14.4 Å². The summed E-state index contributed by atoms with van der Waals surface area (Å²) in [5.41, 5.74) is 3.08. The molecule has 0 unspecified atom stereocenters. The number of carbonyl (C=O) groups is 3. The lowest BCUT2D eigenvalue weighted by atomic mass is 10.3. The molecule has 3 amide bonds. The summed E-state index contributed by atoms with van der Waals surface area (Å²) in [5.74, 6) is -0.404. The van der Waals surface area contributed by atoms with E-state index in [-0.39, 0.29) is 17.7 Å². The lowest BCUT2D eigenvalue weighted by Crippen LogP contribution is -2.31. The lowest BCUT2D eigenvalue weighted by Gasteiger charge is -2.12. The summed E-state index contributed by atoms with van der Waals surface area (Å²) in [6.07, 6.45) is 1.48. The van der Waals surface area contributed by atoms with Crippen molar-refractivity contribution in [3.8, 4) is 0 Å². The van der Waals surface area contributed by atoms with Gasteiger partial charge in [-0.3, -0.25) is 19.3 Å². The van der Waals surface area contributed by atoms with Gasteiger partial charge in [-0.1, -0.05) is 6.92 Å². The summed E-state index contributed by atoms with van der Waals surface area (Å²) in [6.45, 7) is 3.83. The molecule has 1 fully saturated rings. The molecule has 0 aromatic heterocycles. The normalized spacial score (nSPS) is 16.6. The fraction of sp³-hybridized carbons (Fsp3) is 0.636. The second-order valence-corrected chi connectivity index (χ2v) is 3.92. The van der Waals surface area contributed by atoms with Gasteiger partial charge in [0.1, 0.15) is 0 Å². The second-order valence-electron chi connectivity index (χ2n) is 3.92. The molecule has 1 heterocycles. The molecular formula is C11H17N3O3. The van der Waals surface area contributed by atoms with Crippen molar-refractivity contribution in [1.82, 2.24) is 10.3 Å². The Hall–Kier alpha value is -1.72. The molecule has 1 aliphatic rings. The minimum atomic E-state index is -0.155. The van der Waals surface area contributed by atoms with Gasteiger partial charge in [-0.25, -0.2) is 5.43 Å². The Morgan fingerprint density at radius 1 is 1.35 bits per heavy atom. The first kappa shape index (κ1) is 13.3. The fourth-order valence-corrected chi connectivity index (χ4v) is 1.44. The molecule has 0 spiro atoms. The van der Waals surface area contributed by atoms with Crippen LogP contribution in [0.2, 0.25) is 0 Å². The fourth-order valence-electron chi connectivity index (χ4n) is 1.44. The topological polar surface area (TPSA) is 78.8 Å². The van der Waals surface area contributed by atoms with Gasteiger partial charge in [-0.2, -0.15) is 5.10 Å². The largest absolute Gasteiger partial charge is 0.282 e. The summed E-state index contributed by atoms with van der Waals surface area (Å²) in [6, 6.07) is 0. The van der Waals surface area contributed by atoms with Crippen molar-refractivity contribution in [1.29, 1.82) is 0 Å². The van der Waals surface area contributed by atoms with Gasteiger partial charge in [0.25, 0.3) is 0 Å². The van der Waals surface area contributed by atoms with Gasteiger partial charge >= 0.3 is 0 Å². The molecule has 1 saturated heterocycles. The highest BCUT2D eigenvalue weighted by atomic mass is 16.2. The number of likely N-dealkylation sites (tertiary alicyclic amines) is 1. The molecule has 0 atom stereocenters. The number of nitrogens with one attached hydrogen (secondary N) is 1. The quantitative estimate of drug-likeness (QED) is 0.429. The maximum absolute atomic E-state index is 11.3. The molecule has 94 valence electrons. The molecule has 0 saturated carbocycles. The number of hydrogen-bond acceptors (Lipinski definition) is 4. The van der Waals surface area contributed by atoms with Gasteiger partial charge < -0.3 is 0 Å². The smallest absolute Gasteiger partial charge is 0.239 e. The third-order valence-corrected chi connectivity index (χ3v) is 2.54. The standard InChI is InChI=1S/C11H17N3O3/c1-3-9(15)13-12-8(2)6-7-14-10(16)4-5-11(14)17/h3-7H2,1-2H3,(H,13,15)/b12-8+. The zero-order valence-corrected chi connectivity index (χ0v) is 10.2. The second kappa shape index (κ2) is 6.12. The van der Waals surface area contributed by atoms with E-state index in [4.69, 9.17) is 0 Å². The number of imide groups is 1. The Morgan fingerprint density at radius 3 is 2.47 bits per heavy atom. The van der Waals surface area contributed by atoms with E-state index in [1.54, 1.807) is 13.8 Å². The Balaban J connectivity index is 2.37. The maximum Gasteiger partial charge on any atom is 0.239 e. The summed E-state index contributed by atoms with van der Waals surface area (Å²) < 4.78 is 0. The highest BCUT2D eigenvalue weighted by Crippen LogP contribution is 2.11. The molecular weight excluding hydrogens is 222 g/mol. The van der Waals surface area contributed by atoms with Crippen LogP contribution in [-0.2, 0) is 14.4 Å². The Morgan fingerprint density at radius 2 is 1.94 bits per heavy atom. The van der Waals surface area contributed by atoms with Crippen LogP contribution in [0.3, 0.4) is 0 Å². The molecule has 6 heteroatoms. The predicted molar refractivity (Wildman–Crippen MR) is 62.1 cm³/mol. The van der Waals surface area contributed by atoms with Crippen molar-refractivity contribution in [3.63, 3.8) is 0 Å². The molecule has 0 bridgehead atoms. The van der Waals surface area contributed by atoms with E-state index < -0.39 is 0 Å².